The highest BCUT2D eigenvalue weighted by Crippen LogP contribution is 2.45. The number of nitrogens with one attached hydrogen (secondary N) is 2. The van der Waals surface area contributed by atoms with Crippen molar-refractivity contribution in [1.29, 1.82) is 0 Å². The Morgan fingerprint density at radius 3 is 2.47 bits per heavy atom. The van der Waals surface area contributed by atoms with Gasteiger partial charge in [-0.25, -0.2) is 0 Å². The summed E-state index contributed by atoms with van der Waals surface area (Å²) in [6.07, 6.45) is 1.79. The molecular weight excluding hydrogens is 518 g/mol. The zero-order valence-electron chi connectivity index (χ0n) is 21.5. The summed E-state index contributed by atoms with van der Waals surface area (Å²) in [5, 5.41) is 7.64. The number of methoxy groups -OCH3 is 1. The number of hydrogen-bond donors (Lipinski definition) is 2. The molecule has 1 saturated heterocycles. The van der Waals surface area contributed by atoms with Gasteiger partial charge >= 0.3 is 0 Å². The number of nitrogens with zero attached hydrogens (tertiary/aromatic N) is 3. The van der Waals surface area contributed by atoms with Gasteiger partial charge in [0.1, 0.15) is 5.75 Å². The number of hydrogen-bond acceptors (Lipinski definition) is 4. The molecule has 0 bridgehead atoms. The Morgan fingerprint density at radius 1 is 1.08 bits per heavy atom. The van der Waals surface area contributed by atoms with E-state index in [-0.39, 0.29) is 18.0 Å². The third kappa shape index (κ3) is 4.73. The van der Waals surface area contributed by atoms with Crippen molar-refractivity contribution in [2.45, 2.75) is 32.9 Å². The Labute approximate surface area is 232 Å². The summed E-state index contributed by atoms with van der Waals surface area (Å²) >= 11 is 12.1. The number of aryl methyl sites for hydroxylation is 1. The second kappa shape index (κ2) is 10.5. The fourth-order valence-electron chi connectivity index (χ4n) is 5.16. The lowest BCUT2D eigenvalue weighted by Gasteiger charge is -2.29. The average molecular weight is 546 g/mol. The molecule has 3 heterocycles. The lowest BCUT2D eigenvalue weighted by Crippen LogP contribution is -2.29. The first kappa shape index (κ1) is 25.8. The summed E-state index contributed by atoms with van der Waals surface area (Å²) < 4.78 is 7.70. The molecule has 2 N–H and O–H groups in total. The highest BCUT2D eigenvalue weighted by atomic mass is 35.5. The van der Waals surface area contributed by atoms with Crippen LogP contribution in [0, 0.1) is 13.8 Å². The van der Waals surface area contributed by atoms with Crippen molar-refractivity contribution in [2.24, 2.45) is 0 Å². The fourth-order valence-corrected chi connectivity index (χ4v) is 5.63. The van der Waals surface area contributed by atoms with Crippen LogP contribution in [0.15, 0.2) is 72.9 Å². The number of anilines is 2. The molecule has 38 heavy (non-hydrogen) atoms. The Kier molecular flexibility index (Phi) is 7.10. The lowest BCUT2D eigenvalue weighted by atomic mass is 9.96. The molecule has 0 aliphatic carbocycles. The summed E-state index contributed by atoms with van der Waals surface area (Å²) in [6, 6.07) is 21.2. The summed E-state index contributed by atoms with van der Waals surface area (Å²) in [5.74, 6) is 0.387. The van der Waals surface area contributed by atoms with Gasteiger partial charge in [-0.3, -0.25) is 9.78 Å². The van der Waals surface area contributed by atoms with Gasteiger partial charge in [0.15, 0.2) is 5.11 Å². The molecule has 9 heteroatoms. The standard InChI is InChI=1S/C29H28ClN5O2S/c1-17-15-23(18(2)34(17)21-10-8-20(30)9-11-21)28-27(24-7-5-6-14-31-24)33-29(38)35(28)22-12-13-26(37-4)25(16-22)32-19(3)36/h5-16,27-28H,1-4H3,(H,32,36)(H,33,38)/t27-,28+/m0/s1. The molecule has 1 amide bonds. The summed E-state index contributed by atoms with van der Waals surface area (Å²) in [7, 11) is 1.58. The van der Waals surface area contributed by atoms with Gasteiger partial charge in [-0.15, -0.1) is 0 Å². The van der Waals surface area contributed by atoms with Crippen LogP contribution in [0.25, 0.3) is 5.69 Å². The number of thiocarbonyl (C=S) groups is 1. The van der Waals surface area contributed by atoms with Crippen molar-refractivity contribution in [2.75, 3.05) is 17.3 Å². The lowest BCUT2D eigenvalue weighted by molar-refractivity contribution is -0.114. The van der Waals surface area contributed by atoms with Crippen molar-refractivity contribution in [3.8, 4) is 11.4 Å². The predicted octanol–water partition coefficient (Wildman–Crippen LogP) is 6.29. The highest BCUT2D eigenvalue weighted by Gasteiger charge is 2.42. The normalized spacial score (nSPS) is 16.9. The zero-order chi connectivity index (χ0) is 27.0. The molecule has 194 valence electrons. The Hall–Kier alpha value is -3.88. The monoisotopic (exact) mass is 545 g/mol. The van der Waals surface area contributed by atoms with Gasteiger partial charge in [0.2, 0.25) is 5.91 Å². The Bertz CT molecular complexity index is 1500. The molecule has 0 radical (unpaired) electrons. The molecule has 0 spiro atoms. The molecule has 2 atom stereocenters. The van der Waals surface area contributed by atoms with Crippen molar-refractivity contribution < 1.29 is 9.53 Å². The topological polar surface area (TPSA) is 71.4 Å². The predicted molar refractivity (Wildman–Crippen MR) is 155 cm³/mol. The van der Waals surface area contributed by atoms with E-state index in [9.17, 15) is 4.79 Å². The number of carbonyl (C=O) groups excluding carboxylic acids is 1. The van der Waals surface area contributed by atoms with E-state index >= 15 is 0 Å². The van der Waals surface area contributed by atoms with Crippen LogP contribution in [0.1, 0.15) is 41.7 Å². The third-order valence-corrected chi connectivity index (χ3v) is 7.31. The molecule has 1 aliphatic rings. The van der Waals surface area contributed by atoms with Gasteiger partial charge in [0.05, 0.1) is 30.6 Å². The van der Waals surface area contributed by atoms with Crippen molar-refractivity contribution in [1.82, 2.24) is 14.9 Å². The smallest absolute Gasteiger partial charge is 0.221 e. The van der Waals surface area contributed by atoms with Crippen molar-refractivity contribution in [3.05, 3.63) is 101 Å². The van der Waals surface area contributed by atoms with Crippen LogP contribution >= 0.6 is 23.8 Å². The molecular formula is C29H28ClN5O2S. The first-order valence-corrected chi connectivity index (χ1v) is 13.0. The van der Waals surface area contributed by atoms with Crippen LogP contribution in [0.2, 0.25) is 5.02 Å². The SMILES string of the molecule is COc1ccc(N2C(=S)N[C@@H](c3ccccn3)[C@H]2c2cc(C)n(-c3ccc(Cl)cc3)c2C)cc1NC(C)=O. The number of aromatic nitrogens is 2. The highest BCUT2D eigenvalue weighted by molar-refractivity contribution is 7.80. The Morgan fingerprint density at radius 2 is 1.82 bits per heavy atom. The molecule has 5 rings (SSSR count). The molecule has 2 aromatic carbocycles. The largest absolute Gasteiger partial charge is 0.495 e. The van der Waals surface area contributed by atoms with Crippen LogP contribution in [-0.2, 0) is 4.79 Å². The van der Waals surface area contributed by atoms with Crippen LogP contribution in [0.4, 0.5) is 11.4 Å². The minimum Gasteiger partial charge on any atom is -0.495 e. The number of halogens is 1. The van der Waals surface area contributed by atoms with Gasteiger partial charge in [-0.2, -0.15) is 0 Å². The maximum Gasteiger partial charge on any atom is 0.221 e. The van der Waals surface area contributed by atoms with E-state index in [2.05, 4.69) is 45.0 Å². The number of ether oxygens (including phenoxy) is 1. The van der Waals surface area contributed by atoms with E-state index in [1.165, 1.54) is 6.92 Å². The van der Waals surface area contributed by atoms with Gasteiger partial charge in [0.25, 0.3) is 0 Å². The second-order valence-electron chi connectivity index (χ2n) is 9.20. The molecule has 2 aromatic heterocycles. The van der Waals surface area contributed by atoms with E-state index in [0.29, 0.717) is 21.6 Å². The molecule has 1 aliphatic heterocycles. The van der Waals surface area contributed by atoms with E-state index < -0.39 is 0 Å². The zero-order valence-corrected chi connectivity index (χ0v) is 23.1. The number of rotatable bonds is 6. The van der Waals surface area contributed by atoms with E-state index in [1.807, 2.05) is 60.7 Å². The van der Waals surface area contributed by atoms with Crippen LogP contribution < -0.4 is 20.3 Å². The first-order valence-electron chi connectivity index (χ1n) is 12.2. The van der Waals surface area contributed by atoms with Gasteiger partial charge < -0.3 is 24.8 Å². The quantitative estimate of drug-likeness (QED) is 0.278. The maximum absolute atomic E-state index is 11.9. The summed E-state index contributed by atoms with van der Waals surface area (Å²) in [5.41, 5.74) is 6.60. The van der Waals surface area contributed by atoms with E-state index in [1.54, 1.807) is 13.3 Å². The maximum atomic E-state index is 11.9. The minimum atomic E-state index is -0.205. The fraction of sp³-hybridized carbons (Fsp3) is 0.207. The molecule has 1 fully saturated rings. The number of benzene rings is 2. The van der Waals surface area contributed by atoms with E-state index in [0.717, 1.165) is 34.0 Å². The number of amides is 1. The van der Waals surface area contributed by atoms with Crippen LogP contribution in [0.3, 0.4) is 0 Å². The van der Waals surface area contributed by atoms with Crippen LogP contribution in [-0.4, -0.2) is 27.7 Å². The van der Waals surface area contributed by atoms with Crippen molar-refractivity contribution in [3.63, 3.8) is 0 Å². The van der Waals surface area contributed by atoms with Crippen molar-refractivity contribution >= 4 is 46.2 Å². The van der Waals surface area contributed by atoms with Crippen LogP contribution in [0.5, 0.6) is 5.75 Å². The van der Waals surface area contributed by atoms with Gasteiger partial charge in [-0.1, -0.05) is 17.7 Å². The minimum absolute atomic E-state index is 0.183. The molecule has 7 nitrogen and oxygen atoms in total. The molecule has 0 saturated carbocycles. The summed E-state index contributed by atoms with van der Waals surface area (Å²) in [4.78, 5) is 18.7. The molecule has 4 aromatic rings. The number of pyridine rings is 1. The number of carbonyl (C=O) groups is 1. The van der Waals surface area contributed by atoms with E-state index in [4.69, 9.17) is 28.6 Å². The second-order valence-corrected chi connectivity index (χ2v) is 10.0. The third-order valence-electron chi connectivity index (χ3n) is 6.74. The Balaban J connectivity index is 1.67. The van der Waals surface area contributed by atoms with Gasteiger partial charge in [-0.05, 0) is 92.3 Å². The summed E-state index contributed by atoms with van der Waals surface area (Å²) in [6.45, 7) is 5.68. The van der Waals surface area contributed by atoms with Gasteiger partial charge in [0, 0.05) is 40.9 Å². The first-order chi connectivity index (χ1) is 18.3. The average Bonchev–Trinajstić information content (AvgIpc) is 3.39. The molecule has 0 unspecified atom stereocenters.